The number of thioether (sulfide) groups is 1. The van der Waals surface area contributed by atoms with Crippen molar-refractivity contribution >= 4 is 27.5 Å². The van der Waals surface area contributed by atoms with Crippen molar-refractivity contribution in [2.24, 2.45) is 0 Å². The third kappa shape index (κ3) is 4.64. The predicted octanol–water partition coefficient (Wildman–Crippen LogP) is 2.14. The molecule has 1 N–H and O–H groups in total. The number of amides is 1. The minimum Gasteiger partial charge on any atom is -0.411 e. The lowest BCUT2D eigenvalue weighted by molar-refractivity contribution is -0.120. The first kappa shape index (κ1) is 18.9. The molecule has 7 nitrogen and oxygen atoms in total. The Balaban J connectivity index is 1.62. The lowest BCUT2D eigenvalue weighted by Gasteiger charge is -2.14. The number of rotatable bonds is 5. The fraction of sp³-hybridized carbons (Fsp3) is 0.471. The number of hydrogen-bond donors (Lipinski definition) is 1. The highest BCUT2D eigenvalue weighted by atomic mass is 32.2. The topological polar surface area (TPSA) is 102 Å². The monoisotopic (exact) mass is 395 g/mol. The zero-order valence-electron chi connectivity index (χ0n) is 14.9. The number of nitrogens with one attached hydrogen (secondary N) is 1. The van der Waals surface area contributed by atoms with Crippen molar-refractivity contribution in [1.82, 2.24) is 15.5 Å². The molecule has 1 aromatic heterocycles. The summed E-state index contributed by atoms with van der Waals surface area (Å²) in [5.41, 5.74) is 3.05. The minimum absolute atomic E-state index is 0.00748. The molecule has 140 valence electrons. The molecule has 1 aliphatic rings. The number of carbonyl (C=O) groups excluding carboxylic acids is 1. The predicted molar refractivity (Wildman–Crippen MR) is 99.7 cm³/mol. The van der Waals surface area contributed by atoms with E-state index in [9.17, 15) is 13.2 Å². The van der Waals surface area contributed by atoms with Crippen LogP contribution in [0.15, 0.2) is 27.8 Å². The quantitative estimate of drug-likeness (QED) is 0.774. The molecule has 0 aliphatic carbocycles. The molecule has 0 unspecified atom stereocenters. The summed E-state index contributed by atoms with van der Waals surface area (Å²) < 4.78 is 28.6. The van der Waals surface area contributed by atoms with E-state index < -0.39 is 15.1 Å². The molecule has 2 aromatic rings. The van der Waals surface area contributed by atoms with Crippen LogP contribution in [-0.4, -0.2) is 47.3 Å². The van der Waals surface area contributed by atoms with Crippen molar-refractivity contribution in [3.05, 3.63) is 29.3 Å². The molecule has 1 aliphatic heterocycles. The Morgan fingerprint density at radius 2 is 1.96 bits per heavy atom. The fourth-order valence-corrected chi connectivity index (χ4v) is 5.27. The Kier molecular flexibility index (Phi) is 5.38. The van der Waals surface area contributed by atoms with Crippen LogP contribution in [0.1, 0.15) is 24.5 Å². The maximum atomic E-state index is 12.3. The second-order valence-corrected chi connectivity index (χ2v) is 10.1. The Morgan fingerprint density at radius 3 is 2.58 bits per heavy atom. The molecule has 3 rings (SSSR count). The standard InChI is InChI=1S/C17H21N3O4S2/c1-10-6-11(2)8-13(7-10)16-19-20-17(24-16)25-12(3)15(21)18-14-4-5-26(22,23)9-14/h6-8,12,14H,4-5,9H2,1-3H3,(H,18,21)/t12-,14+/m1/s1. The van der Waals surface area contributed by atoms with E-state index in [1.54, 1.807) is 6.92 Å². The summed E-state index contributed by atoms with van der Waals surface area (Å²) in [6.45, 7) is 5.72. The van der Waals surface area contributed by atoms with Gasteiger partial charge in [0, 0.05) is 11.6 Å². The lowest BCUT2D eigenvalue weighted by Crippen LogP contribution is -2.39. The van der Waals surface area contributed by atoms with Gasteiger partial charge in [-0.15, -0.1) is 10.2 Å². The van der Waals surface area contributed by atoms with Gasteiger partial charge in [-0.2, -0.15) is 0 Å². The van der Waals surface area contributed by atoms with E-state index in [0.29, 0.717) is 17.5 Å². The largest absolute Gasteiger partial charge is 0.411 e. The van der Waals surface area contributed by atoms with E-state index >= 15 is 0 Å². The van der Waals surface area contributed by atoms with E-state index in [2.05, 4.69) is 21.6 Å². The van der Waals surface area contributed by atoms with Gasteiger partial charge in [0.1, 0.15) is 0 Å². The first-order valence-corrected chi connectivity index (χ1v) is 11.0. The average molecular weight is 396 g/mol. The summed E-state index contributed by atoms with van der Waals surface area (Å²) in [4.78, 5) is 12.3. The van der Waals surface area contributed by atoms with Gasteiger partial charge >= 0.3 is 0 Å². The molecule has 0 spiro atoms. The highest BCUT2D eigenvalue weighted by Gasteiger charge is 2.30. The van der Waals surface area contributed by atoms with Gasteiger partial charge in [0.2, 0.25) is 11.8 Å². The molecular weight excluding hydrogens is 374 g/mol. The van der Waals surface area contributed by atoms with Gasteiger partial charge in [-0.05, 0) is 39.3 Å². The van der Waals surface area contributed by atoms with E-state index in [1.807, 2.05) is 26.0 Å². The zero-order valence-corrected chi connectivity index (χ0v) is 16.5. The molecule has 26 heavy (non-hydrogen) atoms. The summed E-state index contributed by atoms with van der Waals surface area (Å²) in [6, 6.07) is 5.67. The molecule has 1 amide bonds. The first-order chi connectivity index (χ1) is 12.2. The molecule has 0 saturated carbocycles. The number of hydrogen-bond acceptors (Lipinski definition) is 7. The van der Waals surface area contributed by atoms with Gasteiger partial charge in [0.05, 0.1) is 16.8 Å². The fourth-order valence-electron chi connectivity index (χ4n) is 2.90. The second kappa shape index (κ2) is 7.40. The van der Waals surface area contributed by atoms with Crippen LogP contribution >= 0.6 is 11.8 Å². The van der Waals surface area contributed by atoms with Crippen LogP contribution in [0.3, 0.4) is 0 Å². The number of nitrogens with zero attached hydrogens (tertiary/aromatic N) is 2. The molecule has 2 atom stereocenters. The van der Waals surface area contributed by atoms with Crippen LogP contribution in [0.5, 0.6) is 0 Å². The number of aryl methyl sites for hydroxylation is 2. The van der Waals surface area contributed by atoms with E-state index in [0.717, 1.165) is 28.5 Å². The summed E-state index contributed by atoms with van der Waals surface area (Å²) in [5.74, 6) is 0.313. The Morgan fingerprint density at radius 1 is 1.27 bits per heavy atom. The maximum absolute atomic E-state index is 12.3. The van der Waals surface area contributed by atoms with Gasteiger partial charge < -0.3 is 9.73 Å². The van der Waals surface area contributed by atoms with E-state index in [-0.39, 0.29) is 23.5 Å². The zero-order chi connectivity index (χ0) is 18.9. The molecule has 2 heterocycles. The minimum atomic E-state index is -3.02. The molecule has 0 bridgehead atoms. The van der Waals surface area contributed by atoms with Crippen molar-refractivity contribution in [3.8, 4) is 11.5 Å². The number of benzene rings is 1. The SMILES string of the molecule is Cc1cc(C)cc(-c2nnc(S[C@H](C)C(=O)N[C@H]3CCS(=O)(=O)C3)o2)c1. The normalized spacial score (nSPS) is 20.0. The molecule has 1 aromatic carbocycles. The van der Waals surface area contributed by atoms with Crippen molar-refractivity contribution in [1.29, 1.82) is 0 Å². The number of carbonyl (C=O) groups is 1. The Labute approximate surface area is 156 Å². The van der Waals surface area contributed by atoms with E-state index in [1.165, 1.54) is 0 Å². The van der Waals surface area contributed by atoms with Gasteiger partial charge in [0.15, 0.2) is 9.84 Å². The van der Waals surface area contributed by atoms with Crippen LogP contribution in [-0.2, 0) is 14.6 Å². The average Bonchev–Trinajstić information content (AvgIpc) is 3.12. The van der Waals surface area contributed by atoms with Crippen LogP contribution in [0.2, 0.25) is 0 Å². The summed E-state index contributed by atoms with van der Waals surface area (Å²) in [6.07, 6.45) is 0.461. The smallest absolute Gasteiger partial charge is 0.277 e. The Bertz CT molecular complexity index is 904. The summed E-state index contributed by atoms with van der Waals surface area (Å²) in [7, 11) is -3.02. The first-order valence-electron chi connectivity index (χ1n) is 8.31. The molecule has 1 saturated heterocycles. The highest BCUT2D eigenvalue weighted by molar-refractivity contribution is 8.00. The molecule has 0 radical (unpaired) electrons. The van der Waals surface area contributed by atoms with E-state index in [4.69, 9.17) is 4.42 Å². The van der Waals surface area contributed by atoms with Gasteiger partial charge in [-0.25, -0.2) is 8.42 Å². The molecule has 1 fully saturated rings. The van der Waals surface area contributed by atoms with Crippen LogP contribution < -0.4 is 5.32 Å². The van der Waals surface area contributed by atoms with Gasteiger partial charge in [0.25, 0.3) is 5.22 Å². The third-order valence-electron chi connectivity index (χ3n) is 4.10. The van der Waals surface area contributed by atoms with Gasteiger partial charge in [-0.3, -0.25) is 4.79 Å². The van der Waals surface area contributed by atoms with Crippen molar-refractivity contribution < 1.29 is 17.6 Å². The lowest BCUT2D eigenvalue weighted by atomic mass is 10.1. The number of sulfone groups is 1. The third-order valence-corrected chi connectivity index (χ3v) is 6.80. The van der Waals surface area contributed by atoms with Crippen LogP contribution in [0, 0.1) is 13.8 Å². The summed E-state index contributed by atoms with van der Waals surface area (Å²) >= 11 is 1.16. The van der Waals surface area contributed by atoms with Crippen molar-refractivity contribution in [3.63, 3.8) is 0 Å². The molecular formula is C17H21N3O4S2. The van der Waals surface area contributed by atoms with Crippen molar-refractivity contribution in [2.75, 3.05) is 11.5 Å². The second-order valence-electron chi connectivity index (χ2n) is 6.62. The van der Waals surface area contributed by atoms with Crippen LogP contribution in [0.4, 0.5) is 0 Å². The summed E-state index contributed by atoms with van der Waals surface area (Å²) in [5, 5.41) is 10.7. The van der Waals surface area contributed by atoms with Crippen molar-refractivity contribution in [2.45, 2.75) is 43.7 Å². The maximum Gasteiger partial charge on any atom is 0.277 e. The number of aromatic nitrogens is 2. The Hall–Kier alpha value is -1.87. The van der Waals surface area contributed by atoms with Crippen LogP contribution in [0.25, 0.3) is 11.5 Å². The van der Waals surface area contributed by atoms with Gasteiger partial charge in [-0.1, -0.05) is 29.0 Å². The highest BCUT2D eigenvalue weighted by Crippen LogP contribution is 2.27. The molecule has 9 heteroatoms.